The van der Waals surface area contributed by atoms with E-state index in [2.05, 4.69) is 223 Å². The molecule has 286 valence electrons. The van der Waals surface area contributed by atoms with Gasteiger partial charge in [-0.1, -0.05) is 113 Å². The summed E-state index contributed by atoms with van der Waals surface area (Å²) in [6, 6.07) is 59.2. The van der Waals surface area contributed by atoms with E-state index in [1.54, 1.807) is 0 Å². The van der Waals surface area contributed by atoms with Gasteiger partial charge in [-0.2, -0.15) is 0 Å². The molecule has 0 aromatic heterocycles. The van der Waals surface area contributed by atoms with E-state index >= 15 is 0 Å². The normalized spacial score (nSPS) is 11.8. The lowest BCUT2D eigenvalue weighted by Crippen LogP contribution is -2.12. The first-order chi connectivity index (χ1) is 28.0. The number of aryl methyl sites for hydroxylation is 4. The van der Waals surface area contributed by atoms with Gasteiger partial charge in [0.15, 0.2) is 0 Å². The zero-order chi connectivity index (χ0) is 40.2. The minimum atomic E-state index is 0.335. The molecule has 0 bridgehead atoms. The summed E-state index contributed by atoms with van der Waals surface area (Å²) < 4.78 is 0. The fourth-order valence-corrected chi connectivity index (χ4v) is 9.14. The zero-order valence-corrected chi connectivity index (χ0v) is 35.1. The molecular formula is C56H52N2. The second kappa shape index (κ2) is 14.8. The fraction of sp³-hybridized carbons (Fsp3) is 0.179. The van der Waals surface area contributed by atoms with E-state index in [0.29, 0.717) is 11.8 Å². The molecule has 0 atom stereocenters. The van der Waals surface area contributed by atoms with Crippen LogP contribution in [0.15, 0.2) is 158 Å². The predicted molar refractivity (Wildman–Crippen MR) is 252 cm³/mol. The number of hydrogen-bond acceptors (Lipinski definition) is 2. The quantitative estimate of drug-likeness (QED) is 0.136. The highest BCUT2D eigenvalue weighted by Gasteiger charge is 2.24. The average molecular weight is 753 g/mol. The number of benzene rings is 9. The smallest absolute Gasteiger partial charge is 0.0543 e. The van der Waals surface area contributed by atoms with Crippen molar-refractivity contribution in [2.24, 2.45) is 0 Å². The number of hydrogen-bond donors (Lipinski definition) is 0. The van der Waals surface area contributed by atoms with Gasteiger partial charge in [-0.05, 0) is 184 Å². The third kappa shape index (κ3) is 6.57. The maximum Gasteiger partial charge on any atom is 0.0543 e. The van der Waals surface area contributed by atoms with E-state index in [-0.39, 0.29) is 0 Å². The Bertz CT molecular complexity index is 2860. The molecule has 0 fully saturated rings. The number of anilines is 6. The maximum absolute atomic E-state index is 2.48. The third-order valence-corrected chi connectivity index (χ3v) is 11.9. The molecule has 0 saturated carbocycles. The molecule has 0 radical (unpaired) electrons. The number of rotatable bonds is 9. The molecule has 0 unspecified atom stereocenters. The molecule has 0 heterocycles. The van der Waals surface area contributed by atoms with Crippen LogP contribution in [0, 0.1) is 27.7 Å². The third-order valence-electron chi connectivity index (χ3n) is 11.9. The summed E-state index contributed by atoms with van der Waals surface area (Å²) >= 11 is 0. The summed E-state index contributed by atoms with van der Waals surface area (Å²) in [7, 11) is 0. The topological polar surface area (TPSA) is 6.48 Å². The molecule has 0 saturated heterocycles. The molecule has 2 nitrogen and oxygen atoms in total. The van der Waals surface area contributed by atoms with Crippen LogP contribution >= 0.6 is 0 Å². The van der Waals surface area contributed by atoms with Gasteiger partial charge in [-0.25, -0.2) is 0 Å². The van der Waals surface area contributed by atoms with Crippen molar-refractivity contribution in [2.45, 2.75) is 67.2 Å². The van der Waals surface area contributed by atoms with Crippen LogP contribution in [0.25, 0.3) is 43.4 Å². The van der Waals surface area contributed by atoms with Crippen molar-refractivity contribution in [3.8, 4) is 11.1 Å². The maximum atomic E-state index is 2.48. The van der Waals surface area contributed by atoms with Crippen LogP contribution in [0.1, 0.15) is 72.9 Å². The molecule has 9 aromatic rings. The van der Waals surface area contributed by atoms with Crippen molar-refractivity contribution in [1.82, 2.24) is 0 Å². The van der Waals surface area contributed by atoms with Crippen molar-refractivity contribution in [3.63, 3.8) is 0 Å². The summed E-state index contributed by atoms with van der Waals surface area (Å²) in [6.45, 7) is 18.0. The minimum absolute atomic E-state index is 0.335. The van der Waals surface area contributed by atoms with E-state index in [1.165, 1.54) is 93.9 Å². The first-order valence-electron chi connectivity index (χ1n) is 20.8. The highest BCUT2D eigenvalue weighted by atomic mass is 15.1. The van der Waals surface area contributed by atoms with Gasteiger partial charge < -0.3 is 9.80 Å². The largest absolute Gasteiger partial charge is 0.310 e. The van der Waals surface area contributed by atoms with Crippen LogP contribution in [0.5, 0.6) is 0 Å². The van der Waals surface area contributed by atoms with Crippen molar-refractivity contribution >= 4 is 66.4 Å². The van der Waals surface area contributed by atoms with Crippen LogP contribution in [-0.4, -0.2) is 0 Å². The van der Waals surface area contributed by atoms with Crippen molar-refractivity contribution < 1.29 is 0 Å². The SMILES string of the molecule is Cc1cccc(N(c2ccc(-c3cc(C(C)C)c4ccc5c(N(c6cccc(C)c6)c6cccc(C)c6)cc(C(C)C)c6ccc3c4c65)cc2)c2cccc(C)c2)c1. The highest BCUT2D eigenvalue weighted by molar-refractivity contribution is 6.29. The minimum Gasteiger partial charge on any atom is -0.310 e. The standard InChI is InChI=1S/C56H52N2/c1-35(2)51-33-53(41-21-23-42(24-22-41)57(43-17-9-13-37(5)29-43)44-18-10-14-38(6)30-44)49-26-25-48-52(36(3)4)34-54(50-28-27-47(51)55(49)56(48)50)58(45-19-11-15-39(7)31-45)46-20-12-16-40(8)32-46/h9-36H,1-8H3. The zero-order valence-electron chi connectivity index (χ0n) is 35.1. The fourth-order valence-electron chi connectivity index (χ4n) is 9.14. The second-order valence-electron chi connectivity index (χ2n) is 17.0. The van der Waals surface area contributed by atoms with Crippen molar-refractivity contribution in [3.05, 3.63) is 191 Å². The molecule has 0 spiro atoms. The lowest BCUT2D eigenvalue weighted by atomic mass is 9.82. The first-order valence-corrected chi connectivity index (χ1v) is 20.8. The second-order valence-corrected chi connectivity index (χ2v) is 17.0. The Morgan fingerprint density at radius 1 is 0.345 bits per heavy atom. The summed E-state index contributed by atoms with van der Waals surface area (Å²) in [5.74, 6) is 0.683. The molecule has 0 aliphatic rings. The van der Waals surface area contributed by atoms with E-state index in [4.69, 9.17) is 0 Å². The Hall–Kier alpha value is -6.38. The Balaban J connectivity index is 1.29. The summed E-state index contributed by atoms with van der Waals surface area (Å²) in [5, 5.41) is 7.97. The molecule has 2 heteroatoms. The number of nitrogens with zero attached hydrogens (tertiary/aromatic N) is 2. The van der Waals surface area contributed by atoms with Crippen molar-refractivity contribution in [1.29, 1.82) is 0 Å². The van der Waals surface area contributed by atoms with Gasteiger partial charge in [-0.3, -0.25) is 0 Å². The monoisotopic (exact) mass is 752 g/mol. The molecular weight excluding hydrogens is 701 g/mol. The highest BCUT2D eigenvalue weighted by Crippen LogP contribution is 2.49. The van der Waals surface area contributed by atoms with Crippen LogP contribution < -0.4 is 9.80 Å². The van der Waals surface area contributed by atoms with E-state index in [0.717, 1.165) is 17.1 Å². The molecule has 9 aromatic carbocycles. The van der Waals surface area contributed by atoms with Crippen LogP contribution in [0.3, 0.4) is 0 Å². The van der Waals surface area contributed by atoms with Crippen molar-refractivity contribution in [2.75, 3.05) is 9.80 Å². The lowest BCUT2D eigenvalue weighted by Gasteiger charge is -2.30. The van der Waals surface area contributed by atoms with Gasteiger partial charge in [0, 0.05) is 33.8 Å². The molecule has 0 aliphatic heterocycles. The lowest BCUT2D eigenvalue weighted by molar-refractivity contribution is 0.876. The van der Waals surface area contributed by atoms with Gasteiger partial charge in [-0.15, -0.1) is 0 Å². The molecule has 0 N–H and O–H groups in total. The summed E-state index contributed by atoms with van der Waals surface area (Å²) in [4.78, 5) is 4.85. The Morgan fingerprint density at radius 2 is 0.741 bits per heavy atom. The molecule has 9 rings (SSSR count). The van der Waals surface area contributed by atoms with Gasteiger partial charge >= 0.3 is 0 Å². The van der Waals surface area contributed by atoms with Gasteiger partial charge in [0.25, 0.3) is 0 Å². The van der Waals surface area contributed by atoms with Gasteiger partial charge in [0.1, 0.15) is 0 Å². The van der Waals surface area contributed by atoms with E-state index < -0.39 is 0 Å². The first kappa shape index (κ1) is 37.2. The molecule has 0 amide bonds. The average Bonchev–Trinajstić information content (AvgIpc) is 3.20. The van der Waals surface area contributed by atoms with E-state index in [9.17, 15) is 0 Å². The van der Waals surface area contributed by atoms with E-state index in [1.807, 2.05) is 0 Å². The van der Waals surface area contributed by atoms with Gasteiger partial charge in [0.05, 0.1) is 5.69 Å². The van der Waals surface area contributed by atoms with Crippen LogP contribution in [0.2, 0.25) is 0 Å². The van der Waals surface area contributed by atoms with Crippen LogP contribution in [0.4, 0.5) is 34.1 Å². The molecule has 0 aliphatic carbocycles. The predicted octanol–water partition coefficient (Wildman–Crippen LogP) is 16.7. The Kier molecular flexibility index (Phi) is 9.53. The van der Waals surface area contributed by atoms with Crippen LogP contribution in [-0.2, 0) is 0 Å². The Labute approximate surface area is 344 Å². The Morgan fingerprint density at radius 3 is 1.19 bits per heavy atom. The summed E-state index contributed by atoms with van der Waals surface area (Å²) in [6.07, 6.45) is 0. The summed E-state index contributed by atoms with van der Waals surface area (Å²) in [5.41, 5.74) is 17.2. The molecule has 58 heavy (non-hydrogen) atoms. The van der Waals surface area contributed by atoms with Gasteiger partial charge in [0.2, 0.25) is 0 Å².